The maximum absolute atomic E-state index is 3.65. The lowest BCUT2D eigenvalue weighted by Crippen LogP contribution is -2.53. The van der Waals surface area contributed by atoms with Crippen molar-refractivity contribution in [2.45, 2.75) is 39.7 Å². The third-order valence-electron chi connectivity index (χ3n) is 4.25. The van der Waals surface area contributed by atoms with Crippen LogP contribution in [0, 0.1) is 5.92 Å². The third kappa shape index (κ3) is 3.05. The van der Waals surface area contributed by atoms with Gasteiger partial charge in [0, 0.05) is 31.4 Å². The number of aryl methyl sites for hydroxylation is 1. The summed E-state index contributed by atoms with van der Waals surface area (Å²) in [6, 6.07) is 9.70. The Morgan fingerprint density at radius 2 is 2.00 bits per heavy atom. The monoisotopic (exact) mass is 246 g/mol. The van der Waals surface area contributed by atoms with Crippen molar-refractivity contribution in [3.8, 4) is 0 Å². The molecule has 1 aliphatic rings. The number of benzene rings is 1. The van der Waals surface area contributed by atoms with Gasteiger partial charge in [0.25, 0.3) is 0 Å². The maximum Gasteiger partial charge on any atom is 0.0367 e. The molecule has 2 nitrogen and oxygen atoms in total. The molecule has 1 aliphatic heterocycles. The topological polar surface area (TPSA) is 15.3 Å². The molecule has 100 valence electrons. The second-order valence-electron chi connectivity index (χ2n) is 5.41. The molecule has 0 saturated carbocycles. The minimum atomic E-state index is 0.634. The Morgan fingerprint density at radius 3 is 2.61 bits per heavy atom. The lowest BCUT2D eigenvalue weighted by atomic mass is 9.97. The minimum absolute atomic E-state index is 0.634. The van der Waals surface area contributed by atoms with E-state index in [1.165, 1.54) is 17.7 Å². The summed E-state index contributed by atoms with van der Waals surface area (Å²) in [5.41, 5.74) is 2.80. The number of hydrogen-bond donors (Lipinski definition) is 1. The van der Waals surface area contributed by atoms with Gasteiger partial charge in [-0.3, -0.25) is 0 Å². The first-order valence-electron chi connectivity index (χ1n) is 7.31. The van der Waals surface area contributed by atoms with Gasteiger partial charge in [-0.2, -0.15) is 0 Å². The Kier molecular flexibility index (Phi) is 4.65. The van der Waals surface area contributed by atoms with E-state index < -0.39 is 0 Å². The lowest BCUT2D eigenvalue weighted by Gasteiger charge is -2.38. The third-order valence-corrected chi connectivity index (χ3v) is 4.25. The molecule has 1 N–H and O–H groups in total. The van der Waals surface area contributed by atoms with Gasteiger partial charge in [-0.1, -0.05) is 39.3 Å². The van der Waals surface area contributed by atoms with Crippen LogP contribution < -0.4 is 10.2 Å². The summed E-state index contributed by atoms with van der Waals surface area (Å²) < 4.78 is 0. The van der Waals surface area contributed by atoms with E-state index in [2.05, 4.69) is 55.3 Å². The van der Waals surface area contributed by atoms with Crippen LogP contribution in [0.1, 0.15) is 32.8 Å². The average Bonchev–Trinajstić information content (AvgIpc) is 2.46. The van der Waals surface area contributed by atoms with Crippen LogP contribution in [-0.2, 0) is 6.42 Å². The van der Waals surface area contributed by atoms with Crippen molar-refractivity contribution < 1.29 is 0 Å². The molecule has 1 fully saturated rings. The van der Waals surface area contributed by atoms with Gasteiger partial charge >= 0.3 is 0 Å². The van der Waals surface area contributed by atoms with Crippen molar-refractivity contribution in [3.63, 3.8) is 0 Å². The molecule has 18 heavy (non-hydrogen) atoms. The van der Waals surface area contributed by atoms with Crippen molar-refractivity contribution >= 4 is 5.69 Å². The van der Waals surface area contributed by atoms with E-state index in [4.69, 9.17) is 0 Å². The molecular weight excluding hydrogens is 220 g/mol. The van der Waals surface area contributed by atoms with Gasteiger partial charge in [-0.15, -0.1) is 0 Å². The van der Waals surface area contributed by atoms with Crippen molar-refractivity contribution in [1.29, 1.82) is 0 Å². The van der Waals surface area contributed by atoms with Gasteiger partial charge in [0.1, 0.15) is 0 Å². The van der Waals surface area contributed by atoms with Crippen LogP contribution in [0.3, 0.4) is 0 Å². The Morgan fingerprint density at radius 1 is 1.28 bits per heavy atom. The Hall–Kier alpha value is -1.02. The molecule has 0 bridgehead atoms. The standard InChI is InChI=1S/C16H26N2/c1-4-13(3)16-12-18(11-10-17-16)15-8-6-14(5-2)7-9-15/h6-9,13,16-17H,4-5,10-12H2,1-3H3. The SMILES string of the molecule is CCc1ccc(N2CCNC(C(C)CC)C2)cc1. The van der Waals surface area contributed by atoms with Crippen LogP contribution in [0.2, 0.25) is 0 Å². The van der Waals surface area contributed by atoms with Crippen LogP contribution in [0.15, 0.2) is 24.3 Å². The number of nitrogens with one attached hydrogen (secondary N) is 1. The van der Waals surface area contributed by atoms with Gasteiger partial charge in [-0.05, 0) is 30.0 Å². The molecule has 0 spiro atoms. The summed E-state index contributed by atoms with van der Waals surface area (Å²) in [6.45, 7) is 10.2. The molecule has 0 amide bonds. The first kappa shape index (κ1) is 13.4. The Labute approximate surface area is 111 Å². The molecule has 1 heterocycles. The molecule has 0 aliphatic carbocycles. The van der Waals surface area contributed by atoms with Crippen molar-refractivity contribution in [2.75, 3.05) is 24.5 Å². The summed E-state index contributed by atoms with van der Waals surface area (Å²) in [4.78, 5) is 2.52. The first-order valence-corrected chi connectivity index (χ1v) is 7.31. The summed E-state index contributed by atoms with van der Waals surface area (Å²) in [5.74, 6) is 0.753. The number of nitrogens with zero attached hydrogens (tertiary/aromatic N) is 1. The minimum Gasteiger partial charge on any atom is -0.369 e. The summed E-state index contributed by atoms with van der Waals surface area (Å²) in [6.07, 6.45) is 2.37. The molecule has 2 atom stereocenters. The highest BCUT2D eigenvalue weighted by atomic mass is 15.2. The predicted octanol–water partition coefficient (Wildman–Crippen LogP) is 3.07. The summed E-state index contributed by atoms with van der Waals surface area (Å²) >= 11 is 0. The molecule has 1 saturated heterocycles. The van der Waals surface area contributed by atoms with E-state index in [-0.39, 0.29) is 0 Å². The Balaban J connectivity index is 2.03. The molecule has 0 radical (unpaired) electrons. The molecule has 0 aromatic heterocycles. The predicted molar refractivity (Wildman–Crippen MR) is 79.3 cm³/mol. The number of hydrogen-bond acceptors (Lipinski definition) is 2. The van der Waals surface area contributed by atoms with Crippen LogP contribution in [0.4, 0.5) is 5.69 Å². The lowest BCUT2D eigenvalue weighted by molar-refractivity contribution is 0.342. The van der Waals surface area contributed by atoms with E-state index in [1.54, 1.807) is 0 Å². The van der Waals surface area contributed by atoms with E-state index in [9.17, 15) is 0 Å². The molecule has 2 heteroatoms. The molecule has 2 rings (SSSR count). The molecule has 1 aromatic rings. The van der Waals surface area contributed by atoms with E-state index in [1.807, 2.05) is 0 Å². The summed E-state index contributed by atoms with van der Waals surface area (Å²) in [5, 5.41) is 3.65. The van der Waals surface area contributed by atoms with E-state index >= 15 is 0 Å². The fourth-order valence-electron chi connectivity index (χ4n) is 2.62. The van der Waals surface area contributed by atoms with Crippen LogP contribution in [0.5, 0.6) is 0 Å². The largest absolute Gasteiger partial charge is 0.369 e. The summed E-state index contributed by atoms with van der Waals surface area (Å²) in [7, 11) is 0. The quantitative estimate of drug-likeness (QED) is 0.878. The van der Waals surface area contributed by atoms with Gasteiger partial charge in [-0.25, -0.2) is 0 Å². The molecule has 2 unspecified atom stereocenters. The smallest absolute Gasteiger partial charge is 0.0367 e. The highest BCUT2D eigenvalue weighted by Gasteiger charge is 2.23. The fraction of sp³-hybridized carbons (Fsp3) is 0.625. The van der Waals surface area contributed by atoms with Crippen molar-refractivity contribution in [1.82, 2.24) is 5.32 Å². The zero-order valence-corrected chi connectivity index (χ0v) is 11.9. The second-order valence-corrected chi connectivity index (χ2v) is 5.41. The van der Waals surface area contributed by atoms with Crippen LogP contribution in [-0.4, -0.2) is 25.7 Å². The molecular formula is C16H26N2. The van der Waals surface area contributed by atoms with Gasteiger partial charge in [0.15, 0.2) is 0 Å². The van der Waals surface area contributed by atoms with Crippen LogP contribution >= 0.6 is 0 Å². The number of rotatable bonds is 4. The van der Waals surface area contributed by atoms with E-state index in [0.29, 0.717) is 6.04 Å². The second kappa shape index (κ2) is 6.24. The number of piperazine rings is 1. The Bertz CT molecular complexity index is 358. The van der Waals surface area contributed by atoms with Crippen molar-refractivity contribution in [3.05, 3.63) is 29.8 Å². The average molecular weight is 246 g/mol. The first-order chi connectivity index (χ1) is 8.74. The normalized spacial score (nSPS) is 21.9. The molecule has 1 aromatic carbocycles. The van der Waals surface area contributed by atoms with Gasteiger partial charge < -0.3 is 10.2 Å². The highest BCUT2D eigenvalue weighted by Crippen LogP contribution is 2.20. The fourth-order valence-corrected chi connectivity index (χ4v) is 2.62. The maximum atomic E-state index is 3.65. The van der Waals surface area contributed by atoms with Crippen molar-refractivity contribution in [2.24, 2.45) is 5.92 Å². The number of anilines is 1. The van der Waals surface area contributed by atoms with Gasteiger partial charge in [0.05, 0.1) is 0 Å². The zero-order valence-electron chi connectivity index (χ0n) is 11.9. The zero-order chi connectivity index (χ0) is 13.0. The van der Waals surface area contributed by atoms with E-state index in [0.717, 1.165) is 32.0 Å². The highest BCUT2D eigenvalue weighted by molar-refractivity contribution is 5.48. The van der Waals surface area contributed by atoms with Crippen LogP contribution in [0.25, 0.3) is 0 Å². The van der Waals surface area contributed by atoms with Gasteiger partial charge in [0.2, 0.25) is 0 Å².